The molecule has 0 saturated carbocycles. The van der Waals surface area contributed by atoms with E-state index in [1.807, 2.05) is 27.5 Å². The van der Waals surface area contributed by atoms with E-state index < -0.39 is 0 Å². The largest absolute Gasteiger partial charge is 0.370 e. The van der Waals surface area contributed by atoms with Crippen molar-refractivity contribution in [2.75, 3.05) is 11.9 Å². The van der Waals surface area contributed by atoms with Gasteiger partial charge < -0.3 is 5.32 Å². The second-order valence-electron chi connectivity index (χ2n) is 4.50. The second kappa shape index (κ2) is 5.09. The SMILES string of the molecule is Cc1cc(NCCCn2cccn2)n2ncnc2c1. The highest BCUT2D eigenvalue weighted by molar-refractivity contribution is 5.51. The molecule has 0 atom stereocenters. The van der Waals surface area contributed by atoms with Crippen molar-refractivity contribution in [1.82, 2.24) is 24.4 Å². The minimum absolute atomic E-state index is 0.870. The molecule has 0 aromatic carbocycles. The van der Waals surface area contributed by atoms with Gasteiger partial charge in [0.1, 0.15) is 12.1 Å². The number of nitrogens with zero attached hydrogens (tertiary/aromatic N) is 5. The highest BCUT2D eigenvalue weighted by Crippen LogP contribution is 2.12. The minimum Gasteiger partial charge on any atom is -0.370 e. The first-order chi connectivity index (χ1) is 9.33. The monoisotopic (exact) mass is 256 g/mol. The van der Waals surface area contributed by atoms with E-state index in [2.05, 4.69) is 33.5 Å². The molecule has 3 aromatic rings. The summed E-state index contributed by atoms with van der Waals surface area (Å²) in [5.41, 5.74) is 2.05. The maximum absolute atomic E-state index is 4.21. The molecule has 3 rings (SSSR count). The molecule has 0 bridgehead atoms. The lowest BCUT2D eigenvalue weighted by atomic mass is 10.3. The third kappa shape index (κ3) is 2.57. The molecule has 0 aliphatic heterocycles. The fourth-order valence-electron chi connectivity index (χ4n) is 2.07. The number of aromatic nitrogens is 5. The molecule has 0 fully saturated rings. The van der Waals surface area contributed by atoms with Crippen molar-refractivity contribution in [3.8, 4) is 0 Å². The van der Waals surface area contributed by atoms with Crippen LogP contribution >= 0.6 is 0 Å². The van der Waals surface area contributed by atoms with Crippen LogP contribution in [0, 0.1) is 6.92 Å². The number of hydrogen-bond acceptors (Lipinski definition) is 4. The third-order valence-corrected chi connectivity index (χ3v) is 2.95. The number of nitrogens with one attached hydrogen (secondary N) is 1. The van der Waals surface area contributed by atoms with E-state index in [0.717, 1.165) is 31.0 Å². The van der Waals surface area contributed by atoms with Gasteiger partial charge in [-0.1, -0.05) is 0 Å². The summed E-state index contributed by atoms with van der Waals surface area (Å²) in [5, 5.41) is 11.8. The number of hydrogen-bond donors (Lipinski definition) is 1. The Kier molecular flexibility index (Phi) is 3.14. The Morgan fingerprint density at radius 3 is 3.05 bits per heavy atom. The summed E-state index contributed by atoms with van der Waals surface area (Å²) in [7, 11) is 0. The first kappa shape index (κ1) is 11.7. The Balaban J connectivity index is 1.63. The molecule has 3 heterocycles. The first-order valence-electron chi connectivity index (χ1n) is 6.34. The topological polar surface area (TPSA) is 60.0 Å². The molecule has 98 valence electrons. The average molecular weight is 256 g/mol. The van der Waals surface area contributed by atoms with Crippen molar-refractivity contribution in [1.29, 1.82) is 0 Å². The molecule has 0 aliphatic rings. The van der Waals surface area contributed by atoms with Crippen molar-refractivity contribution >= 4 is 11.5 Å². The fraction of sp³-hybridized carbons (Fsp3) is 0.308. The molecule has 6 nitrogen and oxygen atoms in total. The van der Waals surface area contributed by atoms with Crippen molar-refractivity contribution in [3.63, 3.8) is 0 Å². The van der Waals surface area contributed by atoms with Crippen LogP contribution in [-0.2, 0) is 6.54 Å². The zero-order chi connectivity index (χ0) is 13.1. The molecule has 0 aliphatic carbocycles. The van der Waals surface area contributed by atoms with E-state index in [0.29, 0.717) is 0 Å². The normalized spacial score (nSPS) is 11.0. The number of aryl methyl sites for hydroxylation is 2. The van der Waals surface area contributed by atoms with Crippen molar-refractivity contribution in [2.45, 2.75) is 19.9 Å². The summed E-state index contributed by atoms with van der Waals surface area (Å²) in [6.07, 6.45) is 6.35. The Hall–Kier alpha value is -2.37. The molecule has 0 unspecified atom stereocenters. The molecule has 0 radical (unpaired) electrons. The van der Waals surface area contributed by atoms with Gasteiger partial charge in [-0.25, -0.2) is 4.98 Å². The van der Waals surface area contributed by atoms with Gasteiger partial charge in [-0.3, -0.25) is 4.68 Å². The third-order valence-electron chi connectivity index (χ3n) is 2.95. The summed E-state index contributed by atoms with van der Waals surface area (Å²) >= 11 is 0. The quantitative estimate of drug-likeness (QED) is 0.706. The van der Waals surface area contributed by atoms with Crippen LogP contribution in [0.3, 0.4) is 0 Å². The van der Waals surface area contributed by atoms with E-state index >= 15 is 0 Å². The van der Waals surface area contributed by atoms with Crippen molar-refractivity contribution in [3.05, 3.63) is 42.5 Å². The Morgan fingerprint density at radius 1 is 1.26 bits per heavy atom. The molecule has 19 heavy (non-hydrogen) atoms. The van der Waals surface area contributed by atoms with Crippen molar-refractivity contribution in [2.24, 2.45) is 0 Å². The fourth-order valence-corrected chi connectivity index (χ4v) is 2.07. The Morgan fingerprint density at radius 2 is 2.21 bits per heavy atom. The van der Waals surface area contributed by atoms with Gasteiger partial charge in [-0.15, -0.1) is 0 Å². The molecule has 3 aromatic heterocycles. The molecule has 1 N–H and O–H groups in total. The van der Waals surface area contributed by atoms with E-state index in [4.69, 9.17) is 0 Å². The van der Waals surface area contributed by atoms with Crippen LogP contribution in [0.4, 0.5) is 5.82 Å². The van der Waals surface area contributed by atoms with Gasteiger partial charge in [-0.05, 0) is 37.1 Å². The summed E-state index contributed by atoms with van der Waals surface area (Å²) in [4.78, 5) is 4.21. The van der Waals surface area contributed by atoms with E-state index in [-0.39, 0.29) is 0 Å². The maximum atomic E-state index is 4.21. The molecule has 6 heteroatoms. The predicted molar refractivity (Wildman–Crippen MR) is 73.1 cm³/mol. The lowest BCUT2D eigenvalue weighted by Crippen LogP contribution is -2.10. The van der Waals surface area contributed by atoms with Crippen LogP contribution in [0.5, 0.6) is 0 Å². The standard InChI is InChI=1S/C13H16N6/c1-11-8-12(19-13(9-11)15-10-17-19)14-4-2-6-18-7-3-5-16-18/h3,5,7-10,14H,2,4,6H2,1H3. The highest BCUT2D eigenvalue weighted by Gasteiger charge is 2.03. The minimum atomic E-state index is 0.870. The van der Waals surface area contributed by atoms with E-state index in [9.17, 15) is 0 Å². The van der Waals surface area contributed by atoms with Crippen LogP contribution in [0.2, 0.25) is 0 Å². The zero-order valence-corrected chi connectivity index (χ0v) is 10.8. The van der Waals surface area contributed by atoms with Crippen LogP contribution in [-0.4, -0.2) is 30.9 Å². The van der Waals surface area contributed by atoms with E-state index in [1.54, 1.807) is 12.5 Å². The van der Waals surface area contributed by atoms with Gasteiger partial charge in [0, 0.05) is 25.5 Å². The highest BCUT2D eigenvalue weighted by atomic mass is 15.3. The number of fused-ring (bicyclic) bond motifs is 1. The Bertz CT molecular complexity index is 655. The summed E-state index contributed by atoms with van der Waals surface area (Å²) in [6, 6.07) is 6.03. The number of anilines is 1. The van der Waals surface area contributed by atoms with Gasteiger partial charge in [0.25, 0.3) is 0 Å². The molecular weight excluding hydrogens is 240 g/mol. The predicted octanol–water partition coefficient (Wildman–Crippen LogP) is 1.74. The van der Waals surface area contributed by atoms with Gasteiger partial charge in [0.2, 0.25) is 0 Å². The summed E-state index contributed by atoms with van der Waals surface area (Å²) in [6.45, 7) is 3.84. The lowest BCUT2D eigenvalue weighted by Gasteiger charge is -2.09. The number of rotatable bonds is 5. The second-order valence-corrected chi connectivity index (χ2v) is 4.50. The van der Waals surface area contributed by atoms with Gasteiger partial charge in [-0.2, -0.15) is 14.7 Å². The molecular formula is C13H16N6. The summed E-state index contributed by atoms with van der Waals surface area (Å²) < 4.78 is 3.75. The van der Waals surface area contributed by atoms with Crippen LogP contribution in [0.15, 0.2) is 36.9 Å². The van der Waals surface area contributed by atoms with Gasteiger partial charge >= 0.3 is 0 Å². The summed E-state index contributed by atoms with van der Waals surface area (Å²) in [5.74, 6) is 0.980. The maximum Gasteiger partial charge on any atom is 0.157 e. The van der Waals surface area contributed by atoms with Crippen LogP contribution in [0.25, 0.3) is 5.65 Å². The zero-order valence-electron chi connectivity index (χ0n) is 10.8. The van der Waals surface area contributed by atoms with Crippen LogP contribution in [0.1, 0.15) is 12.0 Å². The number of pyridine rings is 1. The van der Waals surface area contributed by atoms with Crippen LogP contribution < -0.4 is 5.32 Å². The Labute approximate surface area is 111 Å². The van der Waals surface area contributed by atoms with Crippen molar-refractivity contribution < 1.29 is 0 Å². The van der Waals surface area contributed by atoms with Gasteiger partial charge in [0.15, 0.2) is 5.65 Å². The lowest BCUT2D eigenvalue weighted by molar-refractivity contribution is 0.591. The molecule has 0 spiro atoms. The van der Waals surface area contributed by atoms with E-state index in [1.165, 1.54) is 5.56 Å². The van der Waals surface area contributed by atoms with Gasteiger partial charge in [0.05, 0.1) is 0 Å². The smallest absolute Gasteiger partial charge is 0.157 e. The first-order valence-corrected chi connectivity index (χ1v) is 6.34. The average Bonchev–Trinajstić information content (AvgIpc) is 3.04. The molecule has 0 amide bonds. The molecule has 0 saturated heterocycles.